The Hall–Kier alpha value is -4.65. The van der Waals surface area contributed by atoms with Crippen molar-refractivity contribution in [2.75, 3.05) is 18.0 Å². The number of halogens is 2. The lowest BCUT2D eigenvalue weighted by molar-refractivity contribution is -0.385. The number of methoxy groups -OCH3 is 1. The van der Waals surface area contributed by atoms with E-state index in [4.69, 9.17) is 27.9 Å². The Labute approximate surface area is 302 Å². The number of nitro groups is 1. The molecule has 2 amide bonds. The summed E-state index contributed by atoms with van der Waals surface area (Å²) in [6, 6.07) is 22.6. The van der Waals surface area contributed by atoms with Crippen LogP contribution in [0, 0.1) is 17.0 Å². The maximum absolute atomic E-state index is 14.7. The number of carbonyl (C=O) groups is 2. The minimum Gasteiger partial charge on any atom is -0.495 e. The summed E-state index contributed by atoms with van der Waals surface area (Å²) in [5.74, 6) is -1.14. The van der Waals surface area contributed by atoms with Gasteiger partial charge in [0, 0.05) is 40.2 Å². The topological polar surface area (TPSA) is 139 Å². The Morgan fingerprint density at radius 3 is 2.20 bits per heavy atom. The normalized spacial score (nSPS) is 12.1. The third-order valence-corrected chi connectivity index (χ3v) is 9.89. The number of carbonyl (C=O) groups excluding carboxylic acids is 2. The van der Waals surface area contributed by atoms with Gasteiger partial charge in [0.1, 0.15) is 18.3 Å². The highest BCUT2D eigenvalue weighted by atomic mass is 35.5. The predicted octanol–water partition coefficient (Wildman–Crippen LogP) is 6.97. The summed E-state index contributed by atoms with van der Waals surface area (Å²) in [7, 11) is -3.37. The number of nitro benzene ring substituents is 1. The summed E-state index contributed by atoms with van der Waals surface area (Å²) in [6.45, 7) is 6.00. The minimum absolute atomic E-state index is 0.0695. The maximum atomic E-state index is 14.7. The van der Waals surface area contributed by atoms with Crippen molar-refractivity contribution in [1.29, 1.82) is 0 Å². The van der Waals surface area contributed by atoms with Crippen molar-refractivity contribution in [2.45, 2.75) is 57.1 Å². The van der Waals surface area contributed by atoms with E-state index in [0.29, 0.717) is 10.6 Å². The molecule has 11 nitrogen and oxygen atoms in total. The summed E-state index contributed by atoms with van der Waals surface area (Å²) in [5.41, 5.74) is 0.436. The van der Waals surface area contributed by atoms with Gasteiger partial charge in [-0.3, -0.25) is 24.0 Å². The first-order valence-corrected chi connectivity index (χ1v) is 17.7. The summed E-state index contributed by atoms with van der Waals surface area (Å²) < 4.78 is 35.2. The first-order valence-electron chi connectivity index (χ1n) is 15.5. The van der Waals surface area contributed by atoms with Gasteiger partial charge in [-0.1, -0.05) is 71.7 Å². The van der Waals surface area contributed by atoms with E-state index in [-0.39, 0.29) is 35.0 Å². The van der Waals surface area contributed by atoms with Crippen LogP contribution < -0.4 is 14.4 Å². The van der Waals surface area contributed by atoms with E-state index in [1.807, 2.05) is 51.1 Å². The van der Waals surface area contributed by atoms with Crippen molar-refractivity contribution in [1.82, 2.24) is 10.2 Å². The number of aryl methyl sites for hydroxylation is 1. The number of benzene rings is 4. The van der Waals surface area contributed by atoms with Crippen LogP contribution >= 0.6 is 23.2 Å². The molecule has 50 heavy (non-hydrogen) atoms. The monoisotopic (exact) mass is 740 g/mol. The second-order valence-corrected chi connectivity index (χ2v) is 15.4. The van der Waals surface area contributed by atoms with Gasteiger partial charge < -0.3 is 15.0 Å². The van der Waals surface area contributed by atoms with Gasteiger partial charge in [0.05, 0.1) is 22.6 Å². The van der Waals surface area contributed by atoms with Crippen LogP contribution in [-0.4, -0.2) is 55.3 Å². The van der Waals surface area contributed by atoms with Crippen molar-refractivity contribution in [2.24, 2.45) is 0 Å². The van der Waals surface area contributed by atoms with Crippen molar-refractivity contribution in [3.8, 4) is 5.75 Å². The van der Waals surface area contributed by atoms with Crippen LogP contribution in [0.4, 0.5) is 11.4 Å². The Kier molecular flexibility index (Phi) is 12.2. The number of amides is 2. The number of nitrogens with one attached hydrogen (secondary N) is 1. The molecule has 4 rings (SSSR count). The predicted molar refractivity (Wildman–Crippen MR) is 194 cm³/mol. The van der Waals surface area contributed by atoms with Crippen molar-refractivity contribution >= 4 is 56.4 Å². The molecule has 0 heterocycles. The van der Waals surface area contributed by atoms with Crippen molar-refractivity contribution in [3.63, 3.8) is 0 Å². The van der Waals surface area contributed by atoms with Crippen LogP contribution in [0.25, 0.3) is 0 Å². The highest BCUT2D eigenvalue weighted by Gasteiger charge is 2.37. The van der Waals surface area contributed by atoms with E-state index in [2.05, 4.69) is 5.32 Å². The van der Waals surface area contributed by atoms with Crippen LogP contribution in [-0.2, 0) is 32.6 Å². The molecule has 0 aliphatic rings. The molecule has 0 fully saturated rings. The van der Waals surface area contributed by atoms with E-state index in [9.17, 15) is 28.1 Å². The van der Waals surface area contributed by atoms with Crippen molar-refractivity contribution < 1.29 is 27.7 Å². The number of nitrogens with zero attached hydrogens (tertiary/aromatic N) is 3. The minimum atomic E-state index is -4.70. The van der Waals surface area contributed by atoms with Gasteiger partial charge in [-0.25, -0.2) is 8.42 Å². The van der Waals surface area contributed by atoms with Gasteiger partial charge in [0.2, 0.25) is 11.8 Å². The molecule has 1 atom stereocenters. The molecule has 264 valence electrons. The van der Waals surface area contributed by atoms with Gasteiger partial charge in [-0.2, -0.15) is 0 Å². The molecule has 0 aliphatic carbocycles. The highest BCUT2D eigenvalue weighted by molar-refractivity contribution is 7.92. The molecule has 4 aromatic rings. The maximum Gasteiger partial charge on any atom is 0.273 e. The fraction of sp³-hybridized carbons (Fsp3) is 0.278. The van der Waals surface area contributed by atoms with E-state index in [1.165, 1.54) is 49.3 Å². The summed E-state index contributed by atoms with van der Waals surface area (Å²) in [4.78, 5) is 40.8. The molecule has 14 heteroatoms. The van der Waals surface area contributed by atoms with Crippen LogP contribution in [0.5, 0.6) is 5.75 Å². The molecule has 0 aromatic heterocycles. The molecular weight excluding hydrogens is 703 g/mol. The molecule has 4 aromatic carbocycles. The lowest BCUT2D eigenvalue weighted by Gasteiger charge is -2.35. The number of anilines is 1. The zero-order valence-electron chi connectivity index (χ0n) is 28.2. The first-order chi connectivity index (χ1) is 23.5. The summed E-state index contributed by atoms with van der Waals surface area (Å²) in [5, 5.41) is 15.3. The lowest BCUT2D eigenvalue weighted by Crippen LogP contribution is -2.56. The molecule has 1 N–H and O–H groups in total. The molecule has 0 aliphatic heterocycles. The Morgan fingerprint density at radius 2 is 1.58 bits per heavy atom. The number of sulfonamides is 1. The Morgan fingerprint density at radius 1 is 0.920 bits per heavy atom. The number of rotatable bonds is 13. The highest BCUT2D eigenvalue weighted by Crippen LogP contribution is 2.36. The van der Waals surface area contributed by atoms with Crippen molar-refractivity contribution in [3.05, 3.63) is 128 Å². The van der Waals surface area contributed by atoms with Gasteiger partial charge in [-0.05, 0) is 75.2 Å². The fourth-order valence-electron chi connectivity index (χ4n) is 5.28. The summed E-state index contributed by atoms with van der Waals surface area (Å²) >= 11 is 12.6. The lowest BCUT2D eigenvalue weighted by atomic mass is 10.0. The van der Waals surface area contributed by atoms with E-state index in [1.54, 1.807) is 24.3 Å². The molecule has 0 saturated carbocycles. The molecule has 0 radical (unpaired) electrons. The molecule has 0 saturated heterocycles. The second-order valence-electron chi connectivity index (χ2n) is 12.6. The van der Waals surface area contributed by atoms with E-state index >= 15 is 0 Å². The number of ether oxygens (including phenoxy) is 1. The largest absolute Gasteiger partial charge is 0.495 e. The SMILES string of the molecule is COc1ccc(Cl)cc1N(CC(=O)N(Cc1cccc(Cl)c1)[C@@H](Cc1ccccc1)C(=O)NC(C)(C)C)S(=O)(=O)c1ccc(C)c([N+](=O)[O-])c1. The first kappa shape index (κ1) is 38.2. The van der Waals surface area contributed by atoms with Gasteiger partial charge in [0.15, 0.2) is 0 Å². The quantitative estimate of drug-likeness (QED) is 0.115. The van der Waals surface area contributed by atoms with E-state index in [0.717, 1.165) is 15.9 Å². The average Bonchev–Trinajstić information content (AvgIpc) is 3.04. The zero-order valence-corrected chi connectivity index (χ0v) is 30.6. The molecule has 0 unspecified atom stereocenters. The van der Waals surface area contributed by atoms with Crippen LogP contribution in [0.15, 0.2) is 95.9 Å². The number of hydrogen-bond donors (Lipinski definition) is 1. The van der Waals surface area contributed by atoms with Crippen LogP contribution in [0.2, 0.25) is 10.0 Å². The van der Waals surface area contributed by atoms with Crippen LogP contribution in [0.1, 0.15) is 37.5 Å². The molecular formula is C36H38Cl2N4O7S. The van der Waals surface area contributed by atoms with Gasteiger partial charge in [0.25, 0.3) is 15.7 Å². The van der Waals surface area contributed by atoms with Crippen LogP contribution in [0.3, 0.4) is 0 Å². The standard InChI is InChI=1S/C36H38Cl2N4O7S/c1-24-14-16-29(21-30(24)42(45)46)50(47,48)41(31-20-28(38)15-17-33(31)49-5)23-34(43)40(22-26-12-9-13-27(37)18-26)32(35(44)39-36(2,3)4)19-25-10-7-6-8-11-25/h6-18,20-21,32H,19,22-23H2,1-5H3,(H,39,44)/t32-/m0/s1. The van der Waals surface area contributed by atoms with Gasteiger partial charge >= 0.3 is 0 Å². The summed E-state index contributed by atoms with van der Waals surface area (Å²) in [6.07, 6.45) is 0.104. The smallest absolute Gasteiger partial charge is 0.273 e. The second kappa shape index (κ2) is 15.9. The molecule has 0 spiro atoms. The number of hydrogen-bond acceptors (Lipinski definition) is 7. The zero-order chi connectivity index (χ0) is 36.8. The Balaban J connectivity index is 1.91. The third-order valence-electron chi connectivity index (χ3n) is 7.66. The third kappa shape index (κ3) is 9.52. The van der Waals surface area contributed by atoms with Gasteiger partial charge in [-0.15, -0.1) is 0 Å². The average molecular weight is 742 g/mol. The fourth-order valence-corrected chi connectivity index (χ4v) is 7.10. The van der Waals surface area contributed by atoms with E-state index < -0.39 is 55.5 Å². The molecule has 0 bridgehead atoms. The Bertz CT molecular complexity index is 1990.